The number of rotatable bonds is 4. The van der Waals surface area contributed by atoms with Crippen molar-refractivity contribution in [1.82, 2.24) is 23.1 Å². The first-order valence-corrected chi connectivity index (χ1v) is 8.79. The predicted octanol–water partition coefficient (Wildman–Crippen LogP) is 0.115. The number of aromatic hydroxyl groups is 1. The second kappa shape index (κ2) is 5.58. The zero-order valence-corrected chi connectivity index (χ0v) is 15.0. The molecule has 9 nitrogen and oxygen atoms in total. The molecule has 0 bridgehead atoms. The van der Waals surface area contributed by atoms with E-state index in [2.05, 4.69) is 4.98 Å². The normalized spacial score (nSPS) is 14.6. The van der Waals surface area contributed by atoms with Crippen LogP contribution in [0.1, 0.15) is 31.7 Å². The molecule has 26 heavy (non-hydrogen) atoms. The highest BCUT2D eigenvalue weighted by molar-refractivity contribution is 5.76. The summed E-state index contributed by atoms with van der Waals surface area (Å²) >= 11 is 0. The highest BCUT2D eigenvalue weighted by Crippen LogP contribution is 2.31. The molecule has 138 valence electrons. The molecular formula is C17H21N5O4. The number of aryl methyl sites for hydroxylation is 1. The van der Waals surface area contributed by atoms with Crippen LogP contribution in [0.25, 0.3) is 16.9 Å². The summed E-state index contributed by atoms with van der Waals surface area (Å²) in [6.45, 7) is 2.42. The highest BCUT2D eigenvalue weighted by atomic mass is 16.3. The third-order valence-electron chi connectivity index (χ3n) is 5.10. The van der Waals surface area contributed by atoms with Crippen molar-refractivity contribution in [3.05, 3.63) is 36.8 Å². The zero-order chi connectivity index (χ0) is 18.7. The maximum Gasteiger partial charge on any atom is 0.332 e. The van der Waals surface area contributed by atoms with E-state index in [9.17, 15) is 19.5 Å². The Hall–Kier alpha value is -2.84. The van der Waals surface area contributed by atoms with Crippen molar-refractivity contribution in [1.29, 1.82) is 0 Å². The van der Waals surface area contributed by atoms with E-state index >= 15 is 0 Å². The fraction of sp³-hybridized carbons (Fsp3) is 0.529. The van der Waals surface area contributed by atoms with Gasteiger partial charge in [0.2, 0.25) is 11.7 Å². The SMILES string of the molecule is CCCc1c(O)n2c3c(=O)n(C)c(=O)n(C)c3nc2n(CC2CC2)c1=O. The molecule has 0 aliphatic heterocycles. The lowest BCUT2D eigenvalue weighted by Crippen LogP contribution is -2.37. The summed E-state index contributed by atoms with van der Waals surface area (Å²) < 4.78 is 5.10. The van der Waals surface area contributed by atoms with Crippen molar-refractivity contribution in [3.63, 3.8) is 0 Å². The van der Waals surface area contributed by atoms with Crippen LogP contribution < -0.4 is 16.8 Å². The van der Waals surface area contributed by atoms with Crippen LogP contribution in [-0.2, 0) is 27.1 Å². The van der Waals surface area contributed by atoms with Crippen LogP contribution in [0.5, 0.6) is 5.88 Å². The largest absolute Gasteiger partial charge is 0.494 e. The minimum atomic E-state index is -0.551. The number of nitrogens with zero attached hydrogens (tertiary/aromatic N) is 5. The summed E-state index contributed by atoms with van der Waals surface area (Å²) in [6.07, 6.45) is 3.17. The van der Waals surface area contributed by atoms with E-state index in [1.165, 1.54) is 27.6 Å². The van der Waals surface area contributed by atoms with Crippen molar-refractivity contribution in [2.75, 3.05) is 0 Å². The summed E-state index contributed by atoms with van der Waals surface area (Å²) in [6, 6.07) is 0. The third kappa shape index (κ3) is 2.16. The average molecular weight is 359 g/mol. The van der Waals surface area contributed by atoms with E-state index in [4.69, 9.17) is 0 Å². The van der Waals surface area contributed by atoms with Gasteiger partial charge in [-0.05, 0) is 25.2 Å². The summed E-state index contributed by atoms with van der Waals surface area (Å²) in [5.41, 5.74) is -0.799. The maximum absolute atomic E-state index is 12.9. The monoisotopic (exact) mass is 359 g/mol. The van der Waals surface area contributed by atoms with Gasteiger partial charge in [-0.3, -0.25) is 23.3 Å². The molecule has 1 N–H and O–H groups in total. The molecule has 3 aromatic rings. The first-order chi connectivity index (χ1) is 12.4. The number of aromatic nitrogens is 5. The van der Waals surface area contributed by atoms with Gasteiger partial charge in [0.25, 0.3) is 11.1 Å². The Bertz CT molecular complexity index is 1220. The van der Waals surface area contributed by atoms with Gasteiger partial charge in [-0.2, -0.15) is 4.98 Å². The molecule has 1 fully saturated rings. The number of fused-ring (bicyclic) bond motifs is 3. The van der Waals surface area contributed by atoms with Gasteiger partial charge in [0, 0.05) is 20.6 Å². The van der Waals surface area contributed by atoms with Gasteiger partial charge in [-0.25, -0.2) is 9.20 Å². The molecule has 1 saturated carbocycles. The molecule has 0 aromatic carbocycles. The lowest BCUT2D eigenvalue weighted by atomic mass is 10.2. The van der Waals surface area contributed by atoms with E-state index < -0.39 is 11.2 Å². The summed E-state index contributed by atoms with van der Waals surface area (Å²) in [4.78, 5) is 42.3. The molecule has 3 heterocycles. The Morgan fingerprint density at radius 1 is 1.12 bits per heavy atom. The van der Waals surface area contributed by atoms with Gasteiger partial charge < -0.3 is 5.11 Å². The molecule has 0 spiro atoms. The molecular weight excluding hydrogens is 338 g/mol. The number of hydrogen-bond donors (Lipinski definition) is 1. The Morgan fingerprint density at radius 3 is 2.42 bits per heavy atom. The van der Waals surface area contributed by atoms with E-state index in [0.29, 0.717) is 25.3 Å². The molecule has 4 rings (SSSR count). The van der Waals surface area contributed by atoms with Crippen LogP contribution in [0.2, 0.25) is 0 Å². The van der Waals surface area contributed by atoms with Crippen LogP contribution in [0, 0.1) is 5.92 Å². The van der Waals surface area contributed by atoms with Gasteiger partial charge in [0.05, 0.1) is 5.56 Å². The zero-order valence-electron chi connectivity index (χ0n) is 15.0. The molecule has 0 saturated heterocycles. The molecule has 0 atom stereocenters. The smallest absolute Gasteiger partial charge is 0.332 e. The molecule has 1 aliphatic carbocycles. The van der Waals surface area contributed by atoms with Crippen molar-refractivity contribution in [2.45, 2.75) is 39.2 Å². The quantitative estimate of drug-likeness (QED) is 0.712. The lowest BCUT2D eigenvalue weighted by Gasteiger charge is -2.12. The summed E-state index contributed by atoms with van der Waals surface area (Å²) in [5, 5.41) is 10.8. The van der Waals surface area contributed by atoms with Crippen molar-refractivity contribution < 1.29 is 5.11 Å². The van der Waals surface area contributed by atoms with Crippen LogP contribution >= 0.6 is 0 Å². The van der Waals surface area contributed by atoms with Crippen molar-refractivity contribution in [2.24, 2.45) is 20.0 Å². The Labute approximate surface area is 147 Å². The van der Waals surface area contributed by atoms with Gasteiger partial charge >= 0.3 is 5.69 Å². The minimum absolute atomic E-state index is 0.101. The van der Waals surface area contributed by atoms with Gasteiger partial charge in [-0.15, -0.1) is 0 Å². The van der Waals surface area contributed by atoms with E-state index in [0.717, 1.165) is 17.4 Å². The van der Waals surface area contributed by atoms with Gasteiger partial charge in [0.1, 0.15) is 0 Å². The fourth-order valence-corrected chi connectivity index (χ4v) is 3.44. The minimum Gasteiger partial charge on any atom is -0.494 e. The Kier molecular flexibility index (Phi) is 3.57. The lowest BCUT2D eigenvalue weighted by molar-refractivity contribution is 0.431. The summed E-state index contributed by atoms with van der Waals surface area (Å²) in [7, 11) is 2.90. The Balaban J connectivity index is 2.25. The van der Waals surface area contributed by atoms with E-state index in [1.54, 1.807) is 0 Å². The average Bonchev–Trinajstić information content (AvgIpc) is 3.35. The van der Waals surface area contributed by atoms with Gasteiger partial charge in [-0.1, -0.05) is 13.3 Å². The Morgan fingerprint density at radius 2 is 1.81 bits per heavy atom. The van der Waals surface area contributed by atoms with Gasteiger partial charge in [0.15, 0.2) is 11.2 Å². The highest BCUT2D eigenvalue weighted by Gasteiger charge is 2.28. The first-order valence-electron chi connectivity index (χ1n) is 8.79. The number of hydrogen-bond acceptors (Lipinski definition) is 5. The molecule has 0 amide bonds. The maximum atomic E-state index is 12.9. The van der Waals surface area contributed by atoms with Crippen molar-refractivity contribution >= 4 is 16.9 Å². The topological polar surface area (TPSA) is 104 Å². The molecule has 3 aromatic heterocycles. The second-order valence-electron chi connectivity index (χ2n) is 7.04. The van der Waals surface area contributed by atoms with Crippen molar-refractivity contribution in [3.8, 4) is 5.88 Å². The number of imidazole rings is 1. The fourth-order valence-electron chi connectivity index (χ4n) is 3.44. The molecule has 0 unspecified atom stereocenters. The molecule has 9 heteroatoms. The van der Waals surface area contributed by atoms with E-state index in [-0.39, 0.29) is 33.9 Å². The standard InChI is InChI=1S/C17H21N5O4/c1-4-5-10-13(23)21(8-9-6-7-9)16-18-12-11(22(16)14(10)24)15(25)20(3)17(26)19(12)2/h9,24H,4-8H2,1-3H3. The van der Waals surface area contributed by atoms with Crippen LogP contribution in [0.4, 0.5) is 0 Å². The predicted molar refractivity (Wildman–Crippen MR) is 95.8 cm³/mol. The second-order valence-corrected chi connectivity index (χ2v) is 7.04. The van der Waals surface area contributed by atoms with Crippen LogP contribution in [0.15, 0.2) is 14.4 Å². The molecule has 1 aliphatic rings. The first kappa shape index (κ1) is 16.6. The van der Waals surface area contributed by atoms with Crippen LogP contribution in [-0.4, -0.2) is 28.2 Å². The van der Waals surface area contributed by atoms with Crippen LogP contribution in [0.3, 0.4) is 0 Å². The third-order valence-corrected chi connectivity index (χ3v) is 5.10. The molecule has 0 radical (unpaired) electrons. The van der Waals surface area contributed by atoms with E-state index in [1.807, 2.05) is 6.92 Å². The summed E-state index contributed by atoms with van der Waals surface area (Å²) in [5.74, 6) is 0.340.